The molecule has 1 fully saturated rings. The molecule has 1 aliphatic rings. The van der Waals surface area contributed by atoms with Crippen molar-refractivity contribution in [1.29, 1.82) is 0 Å². The number of imidazole rings is 1. The van der Waals surface area contributed by atoms with Crippen LogP contribution in [0.25, 0.3) is 11.4 Å². The van der Waals surface area contributed by atoms with Crippen molar-refractivity contribution < 1.29 is 27.4 Å². The van der Waals surface area contributed by atoms with Gasteiger partial charge in [-0.1, -0.05) is 31.8 Å². The molecule has 0 N–H and O–H groups in total. The summed E-state index contributed by atoms with van der Waals surface area (Å²) < 4.78 is 52.5. The number of pyridine rings is 1. The molecule has 0 atom stereocenters. The first-order valence-corrected chi connectivity index (χ1v) is 17.6. The van der Waals surface area contributed by atoms with E-state index in [1.807, 2.05) is 30.3 Å². The third-order valence-corrected chi connectivity index (χ3v) is 8.56. The third kappa shape index (κ3) is 8.56. The van der Waals surface area contributed by atoms with Crippen LogP contribution >= 0.6 is 0 Å². The molecule has 1 aliphatic heterocycles. The monoisotopic (exact) mass is 589 g/mol. The summed E-state index contributed by atoms with van der Waals surface area (Å²) in [4.78, 5) is 24.6. The van der Waals surface area contributed by atoms with Gasteiger partial charge >= 0.3 is 12.1 Å². The molecule has 0 saturated carbocycles. The molecule has 8 nitrogen and oxygen atoms in total. The average Bonchev–Trinajstić information content (AvgIpc) is 3.36. The molecule has 3 heterocycles. The summed E-state index contributed by atoms with van der Waals surface area (Å²) in [6, 6.07) is 12.4. The minimum absolute atomic E-state index is 0.00356. The Morgan fingerprint density at radius 1 is 1.00 bits per heavy atom. The van der Waals surface area contributed by atoms with Crippen molar-refractivity contribution >= 4 is 25.5 Å². The van der Waals surface area contributed by atoms with Crippen LogP contribution in [-0.4, -0.2) is 68.0 Å². The van der Waals surface area contributed by atoms with Gasteiger partial charge in [0.05, 0.1) is 13.0 Å². The molecule has 3 aromatic rings. The van der Waals surface area contributed by atoms with Gasteiger partial charge in [0.2, 0.25) is 0 Å². The van der Waals surface area contributed by atoms with Crippen LogP contribution in [0.4, 0.5) is 24.7 Å². The minimum atomic E-state index is -4.55. The van der Waals surface area contributed by atoms with Crippen LogP contribution in [0.15, 0.2) is 48.8 Å². The Bertz CT molecular complexity index is 1280. The van der Waals surface area contributed by atoms with E-state index in [-0.39, 0.29) is 24.9 Å². The van der Waals surface area contributed by atoms with Crippen LogP contribution < -0.4 is 9.80 Å². The van der Waals surface area contributed by atoms with E-state index in [9.17, 15) is 18.0 Å². The third-order valence-electron chi connectivity index (χ3n) is 6.86. The number of anilines is 2. The quantitative estimate of drug-likeness (QED) is 0.161. The molecule has 4 rings (SSSR count). The Morgan fingerprint density at radius 2 is 1.68 bits per heavy atom. The van der Waals surface area contributed by atoms with Crippen molar-refractivity contribution in [3.63, 3.8) is 0 Å². The predicted molar refractivity (Wildman–Crippen MR) is 156 cm³/mol. The highest BCUT2D eigenvalue weighted by molar-refractivity contribution is 6.76. The second kappa shape index (κ2) is 13.1. The number of alkyl halides is 3. The lowest BCUT2D eigenvalue weighted by molar-refractivity contribution is -0.142. The fourth-order valence-corrected chi connectivity index (χ4v) is 5.28. The second-order valence-corrected chi connectivity index (χ2v) is 16.9. The fourth-order valence-electron chi connectivity index (χ4n) is 4.52. The lowest BCUT2D eigenvalue weighted by Crippen LogP contribution is -2.46. The number of ether oxygens (including phenoxy) is 2. The van der Waals surface area contributed by atoms with Crippen LogP contribution in [0.3, 0.4) is 0 Å². The Kier molecular flexibility index (Phi) is 9.75. The molecular formula is C29H38F3N5O3Si. The molecule has 0 unspecified atom stereocenters. The molecule has 0 bridgehead atoms. The van der Waals surface area contributed by atoms with E-state index in [4.69, 9.17) is 9.47 Å². The van der Waals surface area contributed by atoms with Gasteiger partial charge in [-0.2, -0.15) is 13.2 Å². The summed E-state index contributed by atoms with van der Waals surface area (Å²) in [6.45, 7) is 12.4. The lowest BCUT2D eigenvalue weighted by Gasteiger charge is -2.36. The summed E-state index contributed by atoms with van der Waals surface area (Å²) in [5.74, 6) is 0.710. The molecule has 0 amide bonds. The number of halogens is 3. The number of nitrogens with zero attached hydrogens (tertiary/aromatic N) is 5. The van der Waals surface area contributed by atoms with Gasteiger partial charge in [-0.15, -0.1) is 0 Å². The van der Waals surface area contributed by atoms with Crippen molar-refractivity contribution in [2.24, 2.45) is 0 Å². The number of hydrogen-bond donors (Lipinski definition) is 0. The van der Waals surface area contributed by atoms with E-state index in [1.165, 1.54) is 4.57 Å². The predicted octanol–water partition coefficient (Wildman–Crippen LogP) is 5.71. The first-order valence-electron chi connectivity index (χ1n) is 13.9. The smallest absolute Gasteiger partial charge is 0.434 e. The van der Waals surface area contributed by atoms with Crippen molar-refractivity contribution in [3.05, 3.63) is 60.0 Å². The fraction of sp³-hybridized carbons (Fsp3) is 0.483. The van der Waals surface area contributed by atoms with E-state index in [0.29, 0.717) is 18.8 Å². The Labute approximate surface area is 240 Å². The molecule has 12 heteroatoms. The van der Waals surface area contributed by atoms with Gasteiger partial charge in [0, 0.05) is 64.5 Å². The van der Waals surface area contributed by atoms with Crippen LogP contribution in [0.5, 0.6) is 0 Å². The lowest BCUT2D eigenvalue weighted by atomic mass is 10.1. The van der Waals surface area contributed by atoms with Crippen molar-refractivity contribution in [1.82, 2.24) is 14.5 Å². The van der Waals surface area contributed by atoms with Crippen molar-refractivity contribution in [2.45, 2.75) is 51.9 Å². The molecule has 2 aromatic heterocycles. The summed E-state index contributed by atoms with van der Waals surface area (Å²) in [5, 5.41) is 0. The van der Waals surface area contributed by atoms with E-state index >= 15 is 0 Å². The number of piperazine rings is 1. The van der Waals surface area contributed by atoms with Crippen molar-refractivity contribution in [2.75, 3.05) is 49.2 Å². The Balaban J connectivity index is 1.38. The highest BCUT2D eigenvalue weighted by Gasteiger charge is 2.35. The highest BCUT2D eigenvalue weighted by Crippen LogP contribution is 2.31. The summed E-state index contributed by atoms with van der Waals surface area (Å²) in [6.07, 6.45) is -1.72. The maximum atomic E-state index is 13.4. The number of rotatable bonds is 11. The van der Waals surface area contributed by atoms with E-state index in [1.54, 1.807) is 19.2 Å². The number of benzene rings is 1. The standard InChI is InChI=1S/C29H38F3N5O3Si/c1-5-40-27(38)18-22-6-9-24(10-7-22)35-12-14-36(15-13-35)26-11-8-23(19-33-26)28-34-25(29(30,31)32)20-37(28)21-39-16-17-41(2,3)4/h6-11,19-20H,5,12-18,21H2,1-4H3. The Morgan fingerprint density at radius 3 is 2.27 bits per heavy atom. The summed E-state index contributed by atoms with van der Waals surface area (Å²) in [7, 11) is -1.32. The van der Waals surface area contributed by atoms with Gasteiger partial charge in [0.1, 0.15) is 18.4 Å². The highest BCUT2D eigenvalue weighted by atomic mass is 28.3. The zero-order chi connectivity index (χ0) is 29.6. The van der Waals surface area contributed by atoms with Crippen LogP contribution in [0, 0.1) is 0 Å². The molecular weight excluding hydrogens is 551 g/mol. The maximum Gasteiger partial charge on any atom is 0.434 e. The van der Waals surface area contributed by atoms with Crippen LogP contribution in [0.2, 0.25) is 25.7 Å². The normalized spacial score (nSPS) is 14.4. The topological polar surface area (TPSA) is 72.7 Å². The molecule has 0 radical (unpaired) electrons. The molecule has 222 valence electrons. The molecule has 41 heavy (non-hydrogen) atoms. The van der Waals surface area contributed by atoms with Crippen molar-refractivity contribution in [3.8, 4) is 11.4 Å². The number of carbonyl (C=O) groups is 1. The average molecular weight is 590 g/mol. The van der Waals surface area contributed by atoms with Gasteiger partial charge in [-0.25, -0.2) is 9.97 Å². The van der Waals surface area contributed by atoms with Gasteiger partial charge in [-0.3, -0.25) is 4.79 Å². The molecule has 1 aromatic carbocycles. The minimum Gasteiger partial charge on any atom is -0.466 e. The van der Waals surface area contributed by atoms with Crippen LogP contribution in [0.1, 0.15) is 18.2 Å². The van der Waals surface area contributed by atoms with Gasteiger partial charge in [0.15, 0.2) is 5.69 Å². The summed E-state index contributed by atoms with van der Waals surface area (Å²) in [5.41, 5.74) is 1.55. The molecule has 0 spiro atoms. The SMILES string of the molecule is CCOC(=O)Cc1ccc(N2CCN(c3ccc(-c4nc(C(F)(F)F)cn4COCC[Si](C)(C)C)cn3)CC2)cc1. The van der Waals surface area contributed by atoms with E-state index in [0.717, 1.165) is 55.5 Å². The van der Waals surface area contributed by atoms with Crippen LogP contribution in [-0.2, 0) is 33.6 Å². The van der Waals surface area contributed by atoms with Gasteiger partial charge in [0.25, 0.3) is 0 Å². The van der Waals surface area contributed by atoms with E-state index < -0.39 is 19.9 Å². The maximum absolute atomic E-state index is 13.4. The van der Waals surface area contributed by atoms with E-state index in [2.05, 4.69) is 39.4 Å². The summed E-state index contributed by atoms with van der Waals surface area (Å²) >= 11 is 0. The zero-order valence-corrected chi connectivity index (χ0v) is 25.1. The zero-order valence-electron chi connectivity index (χ0n) is 24.1. The number of aromatic nitrogens is 3. The number of hydrogen-bond acceptors (Lipinski definition) is 7. The second-order valence-electron chi connectivity index (χ2n) is 11.3. The number of esters is 1. The Hall–Kier alpha value is -3.38. The largest absolute Gasteiger partial charge is 0.466 e. The first kappa shape index (κ1) is 30.6. The first-order chi connectivity index (χ1) is 19.4. The van der Waals surface area contributed by atoms with Gasteiger partial charge in [-0.05, 0) is 42.8 Å². The van der Waals surface area contributed by atoms with Gasteiger partial charge < -0.3 is 23.8 Å². The number of carbonyl (C=O) groups excluding carboxylic acids is 1. The molecule has 0 aliphatic carbocycles. The molecule has 1 saturated heterocycles.